The van der Waals surface area contributed by atoms with Crippen molar-refractivity contribution in [2.24, 2.45) is 17.6 Å². The van der Waals surface area contributed by atoms with Crippen molar-refractivity contribution in [3.05, 3.63) is 0 Å². The predicted octanol–water partition coefficient (Wildman–Crippen LogP) is 2.25. The van der Waals surface area contributed by atoms with E-state index in [1.165, 1.54) is 51.6 Å². The van der Waals surface area contributed by atoms with Gasteiger partial charge in [0.2, 0.25) is 0 Å². The Labute approximate surface area is 112 Å². The monoisotopic (exact) mass is 254 g/mol. The van der Waals surface area contributed by atoms with E-state index in [0.717, 1.165) is 25.7 Å². The summed E-state index contributed by atoms with van der Waals surface area (Å²) in [7, 11) is 0. The SMILES string of the molecule is CCC1CCCN(C(CN)C2CCCOC2)CC1. The third-order valence-electron chi connectivity index (χ3n) is 4.91. The van der Waals surface area contributed by atoms with Crippen molar-refractivity contribution >= 4 is 0 Å². The molecule has 3 unspecified atom stereocenters. The van der Waals surface area contributed by atoms with Gasteiger partial charge in [0.25, 0.3) is 0 Å². The quantitative estimate of drug-likeness (QED) is 0.836. The fourth-order valence-electron chi connectivity index (χ4n) is 3.64. The van der Waals surface area contributed by atoms with E-state index >= 15 is 0 Å². The van der Waals surface area contributed by atoms with Gasteiger partial charge in [-0.05, 0) is 57.0 Å². The van der Waals surface area contributed by atoms with Crippen LogP contribution in [-0.4, -0.2) is 43.8 Å². The lowest BCUT2D eigenvalue weighted by Gasteiger charge is -2.37. The molecule has 0 saturated carbocycles. The van der Waals surface area contributed by atoms with Crippen LogP contribution in [0.5, 0.6) is 0 Å². The first-order valence-electron chi connectivity index (χ1n) is 7.87. The molecule has 0 spiro atoms. The molecule has 0 radical (unpaired) electrons. The van der Waals surface area contributed by atoms with Gasteiger partial charge in [-0.25, -0.2) is 0 Å². The number of ether oxygens (including phenoxy) is 1. The molecule has 3 nitrogen and oxygen atoms in total. The molecule has 0 aromatic rings. The van der Waals surface area contributed by atoms with Gasteiger partial charge in [0.1, 0.15) is 0 Å². The minimum absolute atomic E-state index is 0.556. The molecule has 2 aliphatic heterocycles. The van der Waals surface area contributed by atoms with Crippen LogP contribution in [0.3, 0.4) is 0 Å². The number of hydrogen-bond donors (Lipinski definition) is 1. The van der Waals surface area contributed by atoms with Crippen LogP contribution in [0.15, 0.2) is 0 Å². The van der Waals surface area contributed by atoms with Gasteiger partial charge in [0, 0.05) is 19.2 Å². The van der Waals surface area contributed by atoms with Gasteiger partial charge in [-0.15, -0.1) is 0 Å². The molecule has 106 valence electrons. The summed E-state index contributed by atoms with van der Waals surface area (Å²) in [5.41, 5.74) is 6.06. The maximum Gasteiger partial charge on any atom is 0.0509 e. The molecule has 0 aromatic carbocycles. The maximum absolute atomic E-state index is 6.06. The van der Waals surface area contributed by atoms with Crippen molar-refractivity contribution in [1.82, 2.24) is 4.90 Å². The maximum atomic E-state index is 6.06. The van der Waals surface area contributed by atoms with Crippen LogP contribution in [0.4, 0.5) is 0 Å². The highest BCUT2D eigenvalue weighted by Gasteiger charge is 2.29. The molecule has 18 heavy (non-hydrogen) atoms. The van der Waals surface area contributed by atoms with E-state index in [9.17, 15) is 0 Å². The number of rotatable bonds is 4. The van der Waals surface area contributed by atoms with Crippen LogP contribution in [0.25, 0.3) is 0 Å². The van der Waals surface area contributed by atoms with Crippen molar-refractivity contribution in [2.45, 2.75) is 51.5 Å². The van der Waals surface area contributed by atoms with Crippen molar-refractivity contribution in [2.75, 3.05) is 32.8 Å². The highest BCUT2D eigenvalue weighted by atomic mass is 16.5. The highest BCUT2D eigenvalue weighted by Crippen LogP contribution is 2.26. The second-order valence-electron chi connectivity index (χ2n) is 6.02. The van der Waals surface area contributed by atoms with Crippen LogP contribution in [-0.2, 0) is 4.74 Å². The van der Waals surface area contributed by atoms with Crippen LogP contribution < -0.4 is 5.73 Å². The molecule has 3 atom stereocenters. The molecule has 2 N–H and O–H groups in total. The lowest BCUT2D eigenvalue weighted by Crippen LogP contribution is -2.48. The van der Waals surface area contributed by atoms with Crippen LogP contribution in [0.2, 0.25) is 0 Å². The lowest BCUT2D eigenvalue weighted by atomic mass is 9.92. The molecule has 3 heteroatoms. The average molecular weight is 254 g/mol. The molecule has 2 aliphatic rings. The van der Waals surface area contributed by atoms with Crippen molar-refractivity contribution in [1.29, 1.82) is 0 Å². The smallest absolute Gasteiger partial charge is 0.0509 e. The molecule has 0 aromatic heterocycles. The number of nitrogens with two attached hydrogens (primary N) is 1. The minimum atomic E-state index is 0.556. The van der Waals surface area contributed by atoms with Crippen molar-refractivity contribution in [3.8, 4) is 0 Å². The summed E-state index contributed by atoms with van der Waals surface area (Å²) in [6, 6.07) is 0.556. The first kappa shape index (κ1) is 14.3. The minimum Gasteiger partial charge on any atom is -0.381 e. The van der Waals surface area contributed by atoms with Crippen molar-refractivity contribution in [3.63, 3.8) is 0 Å². The molecule has 2 fully saturated rings. The van der Waals surface area contributed by atoms with Gasteiger partial charge in [0.05, 0.1) is 6.61 Å². The Bertz CT molecular complexity index is 229. The van der Waals surface area contributed by atoms with E-state index in [0.29, 0.717) is 12.0 Å². The second kappa shape index (κ2) is 7.46. The Hall–Kier alpha value is -0.120. The van der Waals surface area contributed by atoms with E-state index in [1.807, 2.05) is 0 Å². The Morgan fingerprint density at radius 1 is 1.22 bits per heavy atom. The summed E-state index contributed by atoms with van der Waals surface area (Å²) in [5, 5.41) is 0. The van der Waals surface area contributed by atoms with Gasteiger partial charge in [-0.3, -0.25) is 4.90 Å². The number of nitrogens with zero attached hydrogens (tertiary/aromatic N) is 1. The second-order valence-corrected chi connectivity index (χ2v) is 6.02. The first-order chi connectivity index (χ1) is 8.85. The van der Waals surface area contributed by atoms with Gasteiger partial charge < -0.3 is 10.5 Å². The van der Waals surface area contributed by atoms with E-state index in [1.54, 1.807) is 0 Å². The average Bonchev–Trinajstić information content (AvgIpc) is 2.66. The molecule has 0 bridgehead atoms. The molecular weight excluding hydrogens is 224 g/mol. The summed E-state index contributed by atoms with van der Waals surface area (Å²) < 4.78 is 5.65. The van der Waals surface area contributed by atoms with Crippen LogP contribution in [0.1, 0.15) is 45.4 Å². The zero-order chi connectivity index (χ0) is 12.8. The Kier molecular flexibility index (Phi) is 5.93. The zero-order valence-corrected chi connectivity index (χ0v) is 11.9. The fourth-order valence-corrected chi connectivity index (χ4v) is 3.64. The summed E-state index contributed by atoms with van der Waals surface area (Å²) in [5.74, 6) is 1.61. The third-order valence-corrected chi connectivity index (χ3v) is 4.91. The van der Waals surface area contributed by atoms with Crippen LogP contribution >= 0.6 is 0 Å². The molecular formula is C15H30N2O. The summed E-state index contributed by atoms with van der Waals surface area (Å²) >= 11 is 0. The molecule has 2 heterocycles. The third kappa shape index (κ3) is 3.69. The lowest BCUT2D eigenvalue weighted by molar-refractivity contribution is 0.0117. The molecule has 0 aliphatic carbocycles. The summed E-state index contributed by atoms with van der Waals surface area (Å²) in [4.78, 5) is 2.66. The van der Waals surface area contributed by atoms with E-state index in [-0.39, 0.29) is 0 Å². The predicted molar refractivity (Wildman–Crippen MR) is 75.6 cm³/mol. The van der Waals surface area contributed by atoms with E-state index in [2.05, 4.69) is 11.8 Å². The van der Waals surface area contributed by atoms with Gasteiger partial charge >= 0.3 is 0 Å². The summed E-state index contributed by atoms with van der Waals surface area (Å²) in [6.45, 7) is 7.49. The van der Waals surface area contributed by atoms with E-state index < -0.39 is 0 Å². The number of hydrogen-bond acceptors (Lipinski definition) is 3. The normalized spacial score (nSPS) is 33.0. The first-order valence-corrected chi connectivity index (χ1v) is 7.87. The Morgan fingerprint density at radius 3 is 2.78 bits per heavy atom. The topological polar surface area (TPSA) is 38.5 Å². The standard InChI is InChI=1S/C15H30N2O/c1-2-13-5-3-8-17(9-7-13)15(11-16)14-6-4-10-18-12-14/h13-15H,2-12,16H2,1H3. The van der Waals surface area contributed by atoms with Gasteiger partial charge in [0.15, 0.2) is 0 Å². The van der Waals surface area contributed by atoms with Crippen molar-refractivity contribution < 1.29 is 4.74 Å². The summed E-state index contributed by atoms with van der Waals surface area (Å²) in [6.07, 6.45) is 7.98. The molecule has 0 amide bonds. The molecule has 2 saturated heterocycles. The highest BCUT2D eigenvalue weighted by molar-refractivity contribution is 4.84. The van der Waals surface area contributed by atoms with Crippen LogP contribution in [0, 0.1) is 11.8 Å². The zero-order valence-electron chi connectivity index (χ0n) is 11.9. The fraction of sp³-hybridized carbons (Fsp3) is 1.00. The molecule has 2 rings (SSSR count). The number of likely N-dealkylation sites (tertiary alicyclic amines) is 1. The van der Waals surface area contributed by atoms with Gasteiger partial charge in [-0.2, -0.15) is 0 Å². The Morgan fingerprint density at radius 2 is 2.11 bits per heavy atom. The van der Waals surface area contributed by atoms with E-state index in [4.69, 9.17) is 10.5 Å². The Balaban J connectivity index is 1.90. The van der Waals surface area contributed by atoms with Gasteiger partial charge in [-0.1, -0.05) is 13.3 Å². The largest absolute Gasteiger partial charge is 0.381 e.